The van der Waals surface area contributed by atoms with Crippen LogP contribution in [0.4, 0.5) is 10.5 Å². The number of benzene rings is 2. The fraction of sp³-hybridized carbons (Fsp3) is 0.381. The van der Waals surface area contributed by atoms with Crippen LogP contribution in [0.1, 0.15) is 17.2 Å². The highest BCUT2D eigenvalue weighted by molar-refractivity contribution is 5.73. The Kier molecular flexibility index (Phi) is 7.07. The number of carbonyl (C=O) groups is 1. The topological polar surface area (TPSA) is 73.8 Å². The summed E-state index contributed by atoms with van der Waals surface area (Å²) in [5.74, 6) is 0. The average molecular weight is 369 g/mol. The molecule has 6 heteroatoms. The summed E-state index contributed by atoms with van der Waals surface area (Å²) < 4.78 is 5.36. The molecule has 2 amide bonds. The van der Waals surface area contributed by atoms with Gasteiger partial charge in [0.05, 0.1) is 19.3 Å². The third kappa shape index (κ3) is 5.98. The van der Waals surface area contributed by atoms with Gasteiger partial charge in [-0.15, -0.1) is 0 Å². The summed E-state index contributed by atoms with van der Waals surface area (Å²) in [6, 6.07) is 17.6. The van der Waals surface area contributed by atoms with Crippen molar-refractivity contribution >= 4 is 11.7 Å². The molecule has 1 atom stereocenters. The first-order chi connectivity index (χ1) is 13.2. The van der Waals surface area contributed by atoms with E-state index in [1.165, 1.54) is 5.56 Å². The zero-order valence-corrected chi connectivity index (χ0v) is 15.4. The molecule has 144 valence electrons. The lowest BCUT2D eigenvalue weighted by Gasteiger charge is -2.29. The normalized spacial score (nSPS) is 15.2. The van der Waals surface area contributed by atoms with Crippen molar-refractivity contribution < 1.29 is 14.6 Å². The Bertz CT molecular complexity index is 700. The van der Waals surface area contributed by atoms with E-state index in [-0.39, 0.29) is 12.6 Å². The maximum absolute atomic E-state index is 11.9. The fourth-order valence-electron chi connectivity index (χ4n) is 3.06. The number of urea groups is 1. The molecule has 1 aliphatic rings. The van der Waals surface area contributed by atoms with E-state index in [2.05, 4.69) is 15.5 Å². The standard InChI is InChI=1S/C21H27N3O3/c25-20(16-23-21(26)22-11-10-17-4-2-1-3-5-17)18-6-8-19(9-7-18)24-12-14-27-15-13-24/h1-9,20,25H,10-16H2,(H2,22,23,26). The minimum absolute atomic E-state index is 0.175. The van der Waals surface area contributed by atoms with Crippen molar-refractivity contribution in [2.24, 2.45) is 0 Å². The maximum atomic E-state index is 11.9. The van der Waals surface area contributed by atoms with Crippen LogP contribution in [0.3, 0.4) is 0 Å². The summed E-state index contributed by atoms with van der Waals surface area (Å²) in [6.45, 7) is 3.98. The van der Waals surface area contributed by atoms with Crippen LogP contribution < -0.4 is 15.5 Å². The number of morpholine rings is 1. The fourth-order valence-corrected chi connectivity index (χ4v) is 3.06. The van der Waals surface area contributed by atoms with Gasteiger partial charge in [-0.3, -0.25) is 0 Å². The second-order valence-corrected chi connectivity index (χ2v) is 6.58. The third-order valence-corrected chi connectivity index (χ3v) is 4.65. The molecule has 27 heavy (non-hydrogen) atoms. The average Bonchev–Trinajstić information content (AvgIpc) is 2.73. The van der Waals surface area contributed by atoms with Crippen molar-refractivity contribution in [3.05, 3.63) is 65.7 Å². The highest BCUT2D eigenvalue weighted by atomic mass is 16.5. The number of amides is 2. The van der Waals surface area contributed by atoms with Gasteiger partial charge in [-0.2, -0.15) is 0 Å². The molecular formula is C21H27N3O3. The van der Waals surface area contributed by atoms with E-state index in [1.54, 1.807) is 0 Å². The van der Waals surface area contributed by atoms with Crippen molar-refractivity contribution in [3.63, 3.8) is 0 Å². The van der Waals surface area contributed by atoms with Gasteiger partial charge in [-0.1, -0.05) is 42.5 Å². The maximum Gasteiger partial charge on any atom is 0.314 e. The zero-order valence-electron chi connectivity index (χ0n) is 15.4. The van der Waals surface area contributed by atoms with Gasteiger partial charge in [0.1, 0.15) is 0 Å². The SMILES string of the molecule is O=C(NCCc1ccccc1)NCC(O)c1ccc(N2CCOCC2)cc1. The molecule has 1 saturated heterocycles. The summed E-state index contributed by atoms with van der Waals surface area (Å²) in [7, 11) is 0. The number of aliphatic hydroxyl groups is 1. The lowest BCUT2D eigenvalue weighted by molar-refractivity contribution is 0.122. The Labute approximate surface area is 160 Å². The number of rotatable bonds is 7. The molecule has 1 fully saturated rings. The smallest absolute Gasteiger partial charge is 0.314 e. The third-order valence-electron chi connectivity index (χ3n) is 4.65. The van der Waals surface area contributed by atoms with Gasteiger partial charge in [-0.05, 0) is 29.7 Å². The molecule has 0 saturated carbocycles. The molecule has 0 bridgehead atoms. The Balaban J connectivity index is 1.39. The Hall–Kier alpha value is -2.57. The van der Waals surface area contributed by atoms with Gasteiger partial charge in [0.2, 0.25) is 0 Å². The number of ether oxygens (including phenoxy) is 1. The van der Waals surface area contributed by atoms with Gasteiger partial charge >= 0.3 is 6.03 Å². The summed E-state index contributed by atoms with van der Waals surface area (Å²) in [5.41, 5.74) is 3.09. The molecule has 2 aromatic rings. The molecule has 3 rings (SSSR count). The number of nitrogens with one attached hydrogen (secondary N) is 2. The predicted octanol–water partition coefficient (Wildman–Crippen LogP) is 2.10. The summed E-state index contributed by atoms with van der Waals surface area (Å²) in [4.78, 5) is 14.1. The summed E-state index contributed by atoms with van der Waals surface area (Å²) in [6.07, 6.45) is 0.0448. The molecule has 2 aromatic carbocycles. The number of carbonyl (C=O) groups excluding carboxylic acids is 1. The molecule has 6 nitrogen and oxygen atoms in total. The van der Waals surface area contributed by atoms with Crippen LogP contribution in [-0.4, -0.2) is 50.5 Å². The van der Waals surface area contributed by atoms with Crippen molar-refractivity contribution in [2.45, 2.75) is 12.5 Å². The zero-order chi connectivity index (χ0) is 18.9. The first kappa shape index (κ1) is 19.2. The molecular weight excluding hydrogens is 342 g/mol. The van der Waals surface area contributed by atoms with E-state index < -0.39 is 6.10 Å². The van der Waals surface area contributed by atoms with E-state index >= 15 is 0 Å². The molecule has 1 aliphatic heterocycles. The van der Waals surface area contributed by atoms with Crippen molar-refractivity contribution in [2.75, 3.05) is 44.3 Å². The molecule has 0 aliphatic carbocycles. The van der Waals surface area contributed by atoms with E-state index in [0.29, 0.717) is 6.54 Å². The van der Waals surface area contributed by atoms with Gasteiger partial charge in [-0.25, -0.2) is 4.79 Å². The molecule has 0 spiro atoms. The number of anilines is 1. The van der Waals surface area contributed by atoms with Crippen LogP contribution in [0.15, 0.2) is 54.6 Å². The van der Waals surface area contributed by atoms with Crippen LogP contribution in [0.2, 0.25) is 0 Å². The lowest BCUT2D eigenvalue weighted by atomic mass is 10.1. The lowest BCUT2D eigenvalue weighted by Crippen LogP contribution is -2.38. The number of hydrogen-bond donors (Lipinski definition) is 3. The second-order valence-electron chi connectivity index (χ2n) is 6.58. The van der Waals surface area contributed by atoms with Gasteiger partial charge in [0, 0.05) is 31.9 Å². The highest BCUT2D eigenvalue weighted by Gasteiger charge is 2.13. The predicted molar refractivity (Wildman–Crippen MR) is 106 cm³/mol. The number of aliphatic hydroxyl groups excluding tert-OH is 1. The van der Waals surface area contributed by atoms with E-state index in [4.69, 9.17) is 4.74 Å². The van der Waals surface area contributed by atoms with E-state index in [1.807, 2.05) is 54.6 Å². The van der Waals surface area contributed by atoms with Gasteiger partial charge in [0.15, 0.2) is 0 Å². The molecule has 0 aromatic heterocycles. The monoisotopic (exact) mass is 369 g/mol. The highest BCUT2D eigenvalue weighted by Crippen LogP contribution is 2.20. The Morgan fingerprint density at radius 3 is 2.44 bits per heavy atom. The van der Waals surface area contributed by atoms with Crippen molar-refractivity contribution in [3.8, 4) is 0 Å². The van der Waals surface area contributed by atoms with Crippen LogP contribution >= 0.6 is 0 Å². The number of nitrogens with zero attached hydrogens (tertiary/aromatic N) is 1. The van der Waals surface area contributed by atoms with Crippen LogP contribution in [0.5, 0.6) is 0 Å². The summed E-state index contributed by atoms with van der Waals surface area (Å²) >= 11 is 0. The van der Waals surface area contributed by atoms with Gasteiger partial charge in [0.25, 0.3) is 0 Å². The second kappa shape index (κ2) is 9.94. The molecule has 1 heterocycles. The van der Waals surface area contributed by atoms with Crippen LogP contribution in [0, 0.1) is 0 Å². The Morgan fingerprint density at radius 1 is 1.04 bits per heavy atom. The minimum atomic E-state index is -0.733. The molecule has 3 N–H and O–H groups in total. The first-order valence-corrected chi connectivity index (χ1v) is 9.39. The molecule has 1 unspecified atom stereocenters. The molecule has 0 radical (unpaired) electrons. The first-order valence-electron chi connectivity index (χ1n) is 9.39. The minimum Gasteiger partial charge on any atom is -0.387 e. The van der Waals surface area contributed by atoms with Crippen molar-refractivity contribution in [1.82, 2.24) is 10.6 Å². The number of hydrogen-bond acceptors (Lipinski definition) is 4. The van der Waals surface area contributed by atoms with E-state index in [0.717, 1.165) is 44.0 Å². The quantitative estimate of drug-likeness (QED) is 0.699. The van der Waals surface area contributed by atoms with Crippen LogP contribution in [-0.2, 0) is 11.2 Å². The largest absolute Gasteiger partial charge is 0.387 e. The van der Waals surface area contributed by atoms with E-state index in [9.17, 15) is 9.90 Å². The van der Waals surface area contributed by atoms with Crippen LogP contribution in [0.25, 0.3) is 0 Å². The Morgan fingerprint density at radius 2 is 1.74 bits per heavy atom. The summed E-state index contributed by atoms with van der Waals surface area (Å²) in [5, 5.41) is 15.8. The van der Waals surface area contributed by atoms with Crippen molar-refractivity contribution in [1.29, 1.82) is 0 Å². The van der Waals surface area contributed by atoms with Gasteiger partial charge < -0.3 is 25.4 Å².